The Balaban J connectivity index is 2.03. The summed E-state index contributed by atoms with van der Waals surface area (Å²) in [4.78, 5) is 15.7. The highest BCUT2D eigenvalue weighted by atomic mass is 16.5. The highest BCUT2D eigenvalue weighted by molar-refractivity contribution is 5.76. The lowest BCUT2D eigenvalue weighted by Gasteiger charge is -2.21. The third-order valence-electron chi connectivity index (χ3n) is 3.04. The molecule has 112 valence electrons. The summed E-state index contributed by atoms with van der Waals surface area (Å²) in [5.41, 5.74) is 0.765. The van der Waals surface area contributed by atoms with E-state index in [0.717, 1.165) is 19.5 Å². The molecule has 0 aromatic carbocycles. The SMILES string of the molecule is COC(C)(C)CC(=O)NCCCNCc1cccnc1. The second kappa shape index (κ2) is 8.66. The van der Waals surface area contributed by atoms with Crippen molar-refractivity contribution in [2.75, 3.05) is 20.2 Å². The normalized spacial score (nSPS) is 11.3. The van der Waals surface area contributed by atoms with Crippen molar-refractivity contribution in [3.8, 4) is 0 Å². The third kappa shape index (κ3) is 7.21. The summed E-state index contributed by atoms with van der Waals surface area (Å²) in [7, 11) is 1.62. The van der Waals surface area contributed by atoms with Crippen LogP contribution in [0, 0.1) is 0 Å². The minimum atomic E-state index is -0.400. The minimum Gasteiger partial charge on any atom is -0.378 e. The summed E-state index contributed by atoms with van der Waals surface area (Å²) >= 11 is 0. The van der Waals surface area contributed by atoms with Gasteiger partial charge < -0.3 is 15.4 Å². The molecular formula is C15H25N3O2. The van der Waals surface area contributed by atoms with Gasteiger partial charge in [0.2, 0.25) is 5.91 Å². The van der Waals surface area contributed by atoms with Gasteiger partial charge in [0.1, 0.15) is 0 Å². The van der Waals surface area contributed by atoms with Crippen LogP contribution in [0.25, 0.3) is 0 Å². The van der Waals surface area contributed by atoms with Gasteiger partial charge in [0, 0.05) is 32.6 Å². The largest absolute Gasteiger partial charge is 0.378 e. The summed E-state index contributed by atoms with van der Waals surface area (Å²) < 4.78 is 5.22. The fourth-order valence-corrected chi connectivity index (χ4v) is 1.70. The number of hydrogen-bond acceptors (Lipinski definition) is 4. The average Bonchev–Trinajstić information content (AvgIpc) is 2.43. The van der Waals surface area contributed by atoms with E-state index in [9.17, 15) is 4.79 Å². The van der Waals surface area contributed by atoms with Crippen molar-refractivity contribution >= 4 is 5.91 Å². The fourth-order valence-electron chi connectivity index (χ4n) is 1.70. The second-order valence-electron chi connectivity index (χ2n) is 5.38. The first-order valence-corrected chi connectivity index (χ1v) is 6.95. The van der Waals surface area contributed by atoms with Crippen LogP contribution in [-0.2, 0) is 16.1 Å². The van der Waals surface area contributed by atoms with E-state index in [1.54, 1.807) is 13.3 Å². The molecule has 1 aromatic rings. The van der Waals surface area contributed by atoms with E-state index in [0.29, 0.717) is 13.0 Å². The number of carbonyl (C=O) groups excluding carboxylic acids is 1. The molecule has 0 saturated heterocycles. The first-order valence-electron chi connectivity index (χ1n) is 6.95. The number of aromatic nitrogens is 1. The molecule has 1 rings (SSSR count). The summed E-state index contributed by atoms with van der Waals surface area (Å²) in [6.07, 6.45) is 4.90. The predicted octanol–water partition coefficient (Wildman–Crippen LogP) is 1.49. The number of nitrogens with zero attached hydrogens (tertiary/aromatic N) is 1. The topological polar surface area (TPSA) is 63.2 Å². The Morgan fingerprint density at radius 2 is 2.20 bits per heavy atom. The number of methoxy groups -OCH3 is 1. The van der Waals surface area contributed by atoms with Crippen LogP contribution < -0.4 is 10.6 Å². The van der Waals surface area contributed by atoms with Crippen LogP contribution in [0.3, 0.4) is 0 Å². The Morgan fingerprint density at radius 3 is 2.85 bits per heavy atom. The van der Waals surface area contributed by atoms with Crippen LogP contribution in [0.1, 0.15) is 32.3 Å². The van der Waals surface area contributed by atoms with Crippen LogP contribution >= 0.6 is 0 Å². The number of hydrogen-bond donors (Lipinski definition) is 2. The van der Waals surface area contributed by atoms with Gasteiger partial charge in [-0.2, -0.15) is 0 Å². The van der Waals surface area contributed by atoms with Gasteiger partial charge in [-0.3, -0.25) is 9.78 Å². The van der Waals surface area contributed by atoms with Crippen molar-refractivity contribution in [2.24, 2.45) is 0 Å². The zero-order chi connectivity index (χ0) is 14.8. The lowest BCUT2D eigenvalue weighted by Crippen LogP contribution is -2.34. The molecular weight excluding hydrogens is 254 g/mol. The summed E-state index contributed by atoms with van der Waals surface area (Å²) in [5, 5.41) is 6.22. The van der Waals surface area contributed by atoms with E-state index in [4.69, 9.17) is 4.74 Å². The maximum Gasteiger partial charge on any atom is 0.222 e. The Morgan fingerprint density at radius 1 is 1.40 bits per heavy atom. The summed E-state index contributed by atoms with van der Waals surface area (Å²) in [6, 6.07) is 3.96. The third-order valence-corrected chi connectivity index (χ3v) is 3.04. The molecule has 0 fully saturated rings. The molecule has 0 atom stereocenters. The van der Waals surface area contributed by atoms with Crippen LogP contribution in [-0.4, -0.2) is 36.7 Å². The van der Waals surface area contributed by atoms with Crippen molar-refractivity contribution in [2.45, 2.75) is 38.8 Å². The molecule has 5 nitrogen and oxygen atoms in total. The number of carbonyl (C=O) groups is 1. The Hall–Kier alpha value is -1.46. The smallest absolute Gasteiger partial charge is 0.222 e. The van der Waals surface area contributed by atoms with E-state index in [1.807, 2.05) is 32.2 Å². The summed E-state index contributed by atoms with van der Waals surface area (Å²) in [5.74, 6) is 0.0316. The molecule has 0 unspecified atom stereocenters. The van der Waals surface area contributed by atoms with E-state index in [1.165, 1.54) is 5.56 Å². The van der Waals surface area contributed by atoms with Crippen LogP contribution in [0.4, 0.5) is 0 Å². The van der Waals surface area contributed by atoms with Crippen molar-refractivity contribution in [1.82, 2.24) is 15.6 Å². The van der Waals surface area contributed by atoms with Gasteiger partial charge >= 0.3 is 0 Å². The second-order valence-corrected chi connectivity index (χ2v) is 5.38. The molecule has 2 N–H and O–H groups in total. The lowest BCUT2D eigenvalue weighted by molar-refractivity contribution is -0.126. The number of amides is 1. The molecule has 20 heavy (non-hydrogen) atoms. The average molecular weight is 279 g/mol. The molecule has 0 aliphatic heterocycles. The lowest BCUT2D eigenvalue weighted by atomic mass is 10.1. The highest BCUT2D eigenvalue weighted by Crippen LogP contribution is 2.11. The van der Waals surface area contributed by atoms with Gasteiger partial charge in [0.15, 0.2) is 0 Å². The number of pyridine rings is 1. The molecule has 0 bridgehead atoms. The molecule has 0 radical (unpaired) electrons. The fraction of sp³-hybridized carbons (Fsp3) is 0.600. The number of rotatable bonds is 9. The first-order chi connectivity index (χ1) is 9.53. The molecule has 1 amide bonds. The van der Waals surface area contributed by atoms with Gasteiger partial charge in [-0.25, -0.2) is 0 Å². The Kier molecular flexibility index (Phi) is 7.18. The van der Waals surface area contributed by atoms with Crippen molar-refractivity contribution in [3.05, 3.63) is 30.1 Å². The van der Waals surface area contributed by atoms with Crippen molar-refractivity contribution < 1.29 is 9.53 Å². The molecule has 0 aliphatic rings. The molecule has 0 saturated carbocycles. The van der Waals surface area contributed by atoms with Crippen molar-refractivity contribution in [3.63, 3.8) is 0 Å². The predicted molar refractivity (Wildman–Crippen MR) is 79.3 cm³/mol. The molecule has 0 aliphatic carbocycles. The van der Waals surface area contributed by atoms with Crippen LogP contribution in [0.2, 0.25) is 0 Å². The molecule has 5 heteroatoms. The Labute approximate surface area is 121 Å². The monoisotopic (exact) mass is 279 g/mol. The van der Waals surface area contributed by atoms with Crippen LogP contribution in [0.15, 0.2) is 24.5 Å². The van der Waals surface area contributed by atoms with Crippen molar-refractivity contribution in [1.29, 1.82) is 0 Å². The minimum absolute atomic E-state index is 0.0316. The maximum absolute atomic E-state index is 11.7. The van der Waals surface area contributed by atoms with Gasteiger partial charge in [0.05, 0.1) is 12.0 Å². The molecule has 0 spiro atoms. The molecule has 1 heterocycles. The van der Waals surface area contributed by atoms with Gasteiger partial charge in [-0.1, -0.05) is 6.07 Å². The van der Waals surface area contributed by atoms with Crippen LogP contribution in [0.5, 0.6) is 0 Å². The molecule has 1 aromatic heterocycles. The maximum atomic E-state index is 11.7. The van der Waals surface area contributed by atoms with E-state index in [-0.39, 0.29) is 5.91 Å². The van der Waals surface area contributed by atoms with E-state index in [2.05, 4.69) is 15.6 Å². The first kappa shape index (κ1) is 16.6. The van der Waals surface area contributed by atoms with Gasteiger partial charge in [-0.05, 0) is 38.4 Å². The zero-order valence-corrected chi connectivity index (χ0v) is 12.6. The Bertz CT molecular complexity index is 393. The quantitative estimate of drug-likeness (QED) is 0.672. The number of ether oxygens (including phenoxy) is 1. The standard InChI is InChI=1S/C15H25N3O2/c1-15(2,20-3)10-14(19)18-9-5-8-17-12-13-6-4-7-16-11-13/h4,6-7,11,17H,5,8-10,12H2,1-3H3,(H,18,19). The van der Waals surface area contributed by atoms with Gasteiger partial charge in [0.25, 0.3) is 0 Å². The number of nitrogens with one attached hydrogen (secondary N) is 2. The summed E-state index contributed by atoms with van der Waals surface area (Å²) in [6.45, 7) is 6.16. The van der Waals surface area contributed by atoms with Gasteiger partial charge in [-0.15, -0.1) is 0 Å². The zero-order valence-electron chi connectivity index (χ0n) is 12.6. The highest BCUT2D eigenvalue weighted by Gasteiger charge is 2.20. The van der Waals surface area contributed by atoms with E-state index < -0.39 is 5.60 Å². The van der Waals surface area contributed by atoms with E-state index >= 15 is 0 Å².